The van der Waals surface area contributed by atoms with Gasteiger partial charge in [0.15, 0.2) is 5.11 Å². The molecule has 0 atom stereocenters. The Labute approximate surface area is 120 Å². The first kappa shape index (κ1) is 14.0. The SMILES string of the molecule is CCCCNC(=S)N/N=C1/CCCc2ccccc21. The van der Waals surface area contributed by atoms with Crippen LogP contribution < -0.4 is 10.7 Å². The minimum atomic E-state index is 0.615. The standard InChI is InChI=1S/C15H21N3S/c1-2-3-11-16-15(19)18-17-14-10-6-8-12-7-4-5-9-13(12)14/h4-5,7,9H,2-3,6,8,10-11H2,1H3,(H2,16,18,19)/b17-14-. The summed E-state index contributed by atoms with van der Waals surface area (Å²) in [4.78, 5) is 0. The third-order valence-electron chi connectivity index (χ3n) is 3.30. The molecule has 0 aromatic heterocycles. The maximum Gasteiger partial charge on any atom is 0.186 e. The van der Waals surface area contributed by atoms with Gasteiger partial charge in [-0.05, 0) is 43.5 Å². The summed E-state index contributed by atoms with van der Waals surface area (Å²) < 4.78 is 0. The van der Waals surface area contributed by atoms with Crippen LogP contribution in [0, 0.1) is 0 Å². The number of hydrogen-bond acceptors (Lipinski definition) is 2. The van der Waals surface area contributed by atoms with Gasteiger partial charge in [-0.2, -0.15) is 5.10 Å². The van der Waals surface area contributed by atoms with Crippen LogP contribution in [0.3, 0.4) is 0 Å². The Bertz CT molecular complexity index is 468. The van der Waals surface area contributed by atoms with Crippen molar-refractivity contribution in [1.29, 1.82) is 0 Å². The lowest BCUT2D eigenvalue weighted by Gasteiger charge is -2.17. The molecule has 1 aromatic rings. The van der Waals surface area contributed by atoms with Crippen molar-refractivity contribution in [2.24, 2.45) is 5.10 Å². The molecule has 0 aliphatic heterocycles. The van der Waals surface area contributed by atoms with Gasteiger partial charge in [-0.3, -0.25) is 5.43 Å². The van der Waals surface area contributed by atoms with E-state index in [0.717, 1.165) is 44.4 Å². The normalized spacial score (nSPS) is 15.9. The quantitative estimate of drug-likeness (QED) is 0.504. The van der Waals surface area contributed by atoms with Gasteiger partial charge in [0, 0.05) is 12.1 Å². The molecule has 0 spiro atoms. The number of hydrogen-bond donors (Lipinski definition) is 2. The predicted molar refractivity (Wildman–Crippen MR) is 84.6 cm³/mol. The molecule has 0 amide bonds. The lowest BCUT2D eigenvalue weighted by Crippen LogP contribution is -2.33. The molecule has 0 bridgehead atoms. The molecule has 3 nitrogen and oxygen atoms in total. The van der Waals surface area contributed by atoms with Crippen LogP contribution in [0.2, 0.25) is 0 Å². The van der Waals surface area contributed by atoms with Gasteiger partial charge in [-0.15, -0.1) is 0 Å². The summed E-state index contributed by atoms with van der Waals surface area (Å²) in [5, 5.41) is 8.24. The fraction of sp³-hybridized carbons (Fsp3) is 0.467. The highest BCUT2D eigenvalue weighted by Crippen LogP contribution is 2.20. The van der Waals surface area contributed by atoms with Crippen LogP contribution >= 0.6 is 12.2 Å². The molecule has 0 saturated carbocycles. The van der Waals surface area contributed by atoms with E-state index in [1.165, 1.54) is 11.1 Å². The molecule has 0 radical (unpaired) electrons. The van der Waals surface area contributed by atoms with Crippen molar-refractivity contribution >= 4 is 23.0 Å². The molecule has 0 heterocycles. The van der Waals surface area contributed by atoms with Crippen LogP contribution in [-0.4, -0.2) is 17.4 Å². The van der Waals surface area contributed by atoms with Gasteiger partial charge in [0.1, 0.15) is 0 Å². The minimum absolute atomic E-state index is 0.615. The summed E-state index contributed by atoms with van der Waals surface area (Å²) in [6.07, 6.45) is 5.61. The number of nitrogens with one attached hydrogen (secondary N) is 2. The summed E-state index contributed by atoms with van der Waals surface area (Å²) in [5.74, 6) is 0. The number of unbranched alkanes of at least 4 members (excludes halogenated alkanes) is 1. The average Bonchev–Trinajstić information content (AvgIpc) is 2.45. The molecule has 0 fully saturated rings. The van der Waals surface area contributed by atoms with E-state index in [1.807, 2.05) is 0 Å². The molecule has 1 aromatic carbocycles. The summed E-state index contributed by atoms with van der Waals surface area (Å²) in [6.45, 7) is 3.07. The molecule has 102 valence electrons. The van der Waals surface area contributed by atoms with E-state index < -0.39 is 0 Å². The monoisotopic (exact) mass is 275 g/mol. The second-order valence-corrected chi connectivity index (χ2v) is 5.20. The maximum atomic E-state index is 5.21. The Hall–Kier alpha value is -1.42. The zero-order valence-corrected chi connectivity index (χ0v) is 12.2. The molecule has 4 heteroatoms. The molecular weight excluding hydrogens is 254 g/mol. The Morgan fingerprint density at radius 1 is 1.32 bits per heavy atom. The van der Waals surface area contributed by atoms with Crippen molar-refractivity contribution in [1.82, 2.24) is 10.7 Å². The van der Waals surface area contributed by atoms with E-state index in [-0.39, 0.29) is 0 Å². The lowest BCUT2D eigenvalue weighted by molar-refractivity contribution is 0.743. The number of hydrazone groups is 1. The molecule has 2 N–H and O–H groups in total. The topological polar surface area (TPSA) is 36.4 Å². The van der Waals surface area contributed by atoms with Crippen LogP contribution in [0.4, 0.5) is 0 Å². The highest BCUT2D eigenvalue weighted by molar-refractivity contribution is 7.80. The van der Waals surface area contributed by atoms with E-state index in [4.69, 9.17) is 12.2 Å². The molecule has 0 saturated heterocycles. The zero-order chi connectivity index (χ0) is 13.5. The molecule has 1 aliphatic rings. The molecule has 0 unspecified atom stereocenters. The number of fused-ring (bicyclic) bond motifs is 1. The second kappa shape index (κ2) is 7.24. The molecule has 1 aliphatic carbocycles. The van der Waals surface area contributed by atoms with E-state index in [9.17, 15) is 0 Å². The smallest absolute Gasteiger partial charge is 0.186 e. The van der Waals surface area contributed by atoms with Gasteiger partial charge in [0.05, 0.1) is 5.71 Å². The van der Waals surface area contributed by atoms with Crippen LogP contribution in [0.5, 0.6) is 0 Å². The van der Waals surface area contributed by atoms with E-state index in [0.29, 0.717) is 5.11 Å². The molecule has 19 heavy (non-hydrogen) atoms. The summed E-state index contributed by atoms with van der Waals surface area (Å²) in [5.41, 5.74) is 6.72. The van der Waals surface area contributed by atoms with E-state index >= 15 is 0 Å². The third-order valence-corrected chi connectivity index (χ3v) is 3.53. The number of benzene rings is 1. The largest absolute Gasteiger partial charge is 0.361 e. The van der Waals surface area contributed by atoms with E-state index in [2.05, 4.69) is 47.0 Å². The summed E-state index contributed by atoms with van der Waals surface area (Å²) in [6, 6.07) is 8.48. The fourth-order valence-electron chi connectivity index (χ4n) is 2.25. The Morgan fingerprint density at radius 2 is 2.16 bits per heavy atom. The van der Waals surface area contributed by atoms with Gasteiger partial charge in [-0.25, -0.2) is 0 Å². The fourth-order valence-corrected chi connectivity index (χ4v) is 2.40. The number of thiocarbonyl (C=S) groups is 1. The Balaban J connectivity index is 1.95. The highest BCUT2D eigenvalue weighted by Gasteiger charge is 2.14. The summed E-state index contributed by atoms with van der Waals surface area (Å²) in [7, 11) is 0. The van der Waals surface area contributed by atoms with Crippen LogP contribution in [0.1, 0.15) is 43.7 Å². The van der Waals surface area contributed by atoms with Crippen molar-refractivity contribution < 1.29 is 0 Å². The maximum absolute atomic E-state index is 5.21. The Kier molecular flexibility index (Phi) is 5.33. The van der Waals surface area contributed by atoms with Crippen molar-refractivity contribution in [3.63, 3.8) is 0 Å². The molecule has 2 rings (SSSR count). The van der Waals surface area contributed by atoms with Gasteiger partial charge in [-0.1, -0.05) is 37.6 Å². The van der Waals surface area contributed by atoms with E-state index in [1.54, 1.807) is 0 Å². The minimum Gasteiger partial charge on any atom is -0.361 e. The van der Waals surface area contributed by atoms with Gasteiger partial charge >= 0.3 is 0 Å². The van der Waals surface area contributed by atoms with Crippen LogP contribution in [0.25, 0.3) is 0 Å². The number of aryl methyl sites for hydroxylation is 1. The average molecular weight is 275 g/mol. The van der Waals surface area contributed by atoms with Crippen LogP contribution in [0.15, 0.2) is 29.4 Å². The predicted octanol–water partition coefficient (Wildman–Crippen LogP) is 2.99. The lowest BCUT2D eigenvalue weighted by atomic mass is 9.90. The van der Waals surface area contributed by atoms with Crippen LogP contribution in [-0.2, 0) is 6.42 Å². The number of nitrogens with zero attached hydrogens (tertiary/aromatic N) is 1. The number of rotatable bonds is 4. The second-order valence-electron chi connectivity index (χ2n) is 4.79. The first-order valence-corrected chi connectivity index (χ1v) is 7.40. The Morgan fingerprint density at radius 3 is 3.00 bits per heavy atom. The van der Waals surface area contributed by atoms with Crippen molar-refractivity contribution in [2.75, 3.05) is 6.54 Å². The molecular formula is C15H21N3S. The van der Waals surface area contributed by atoms with Crippen molar-refractivity contribution in [2.45, 2.75) is 39.0 Å². The first-order valence-electron chi connectivity index (χ1n) is 7.00. The first-order chi connectivity index (χ1) is 9.31. The van der Waals surface area contributed by atoms with Gasteiger partial charge < -0.3 is 5.32 Å². The van der Waals surface area contributed by atoms with Gasteiger partial charge in [0.25, 0.3) is 0 Å². The van der Waals surface area contributed by atoms with Crippen molar-refractivity contribution in [3.05, 3.63) is 35.4 Å². The third kappa shape index (κ3) is 4.03. The highest BCUT2D eigenvalue weighted by atomic mass is 32.1. The van der Waals surface area contributed by atoms with Crippen molar-refractivity contribution in [3.8, 4) is 0 Å². The van der Waals surface area contributed by atoms with Gasteiger partial charge in [0.2, 0.25) is 0 Å². The summed E-state index contributed by atoms with van der Waals surface area (Å²) >= 11 is 5.21. The zero-order valence-electron chi connectivity index (χ0n) is 11.4.